The molecule has 30 heavy (non-hydrogen) atoms. The van der Waals surface area contributed by atoms with Crippen molar-refractivity contribution in [3.63, 3.8) is 0 Å². The van der Waals surface area contributed by atoms with Crippen LogP contribution in [0.25, 0.3) is 16.8 Å². The molecule has 7 heteroatoms. The number of likely N-dealkylation sites (N-methyl/N-ethyl adjacent to an activating group) is 1. The van der Waals surface area contributed by atoms with Gasteiger partial charge >= 0.3 is 0 Å². The molecule has 1 aromatic carbocycles. The number of nitriles is 1. The number of pyridine rings is 1. The molecule has 0 spiro atoms. The quantitative estimate of drug-likeness (QED) is 0.725. The van der Waals surface area contributed by atoms with Gasteiger partial charge in [-0.15, -0.1) is 5.10 Å². The second-order valence-electron chi connectivity index (χ2n) is 8.65. The van der Waals surface area contributed by atoms with Crippen LogP contribution >= 0.6 is 0 Å². The van der Waals surface area contributed by atoms with Crippen molar-refractivity contribution in [1.29, 1.82) is 5.26 Å². The van der Waals surface area contributed by atoms with Crippen LogP contribution < -0.4 is 15.1 Å². The maximum Gasteiger partial charge on any atom is 0.245 e. The second kappa shape index (κ2) is 6.99. The summed E-state index contributed by atoms with van der Waals surface area (Å²) in [6, 6.07) is 12.7. The Labute approximate surface area is 176 Å². The Morgan fingerprint density at radius 3 is 2.50 bits per heavy atom. The lowest BCUT2D eigenvalue weighted by Gasteiger charge is -2.29. The smallest absolute Gasteiger partial charge is 0.245 e. The largest absolute Gasteiger partial charge is 0.354 e. The highest BCUT2D eigenvalue weighted by atomic mass is 15.4. The molecule has 0 saturated carbocycles. The van der Waals surface area contributed by atoms with Crippen molar-refractivity contribution in [2.45, 2.75) is 32.2 Å². The van der Waals surface area contributed by atoms with E-state index >= 15 is 0 Å². The molecule has 4 heterocycles. The van der Waals surface area contributed by atoms with Crippen LogP contribution in [0.15, 0.2) is 30.3 Å². The molecule has 2 fully saturated rings. The summed E-state index contributed by atoms with van der Waals surface area (Å²) in [5.41, 5.74) is 4.44. The number of benzene rings is 1. The van der Waals surface area contributed by atoms with E-state index in [0.29, 0.717) is 11.2 Å². The van der Waals surface area contributed by atoms with Crippen LogP contribution in [0, 0.1) is 18.3 Å². The molecule has 0 aliphatic carbocycles. The van der Waals surface area contributed by atoms with E-state index in [-0.39, 0.29) is 5.54 Å². The molecule has 0 radical (unpaired) electrons. The molecule has 154 valence electrons. The molecular weight excluding hydrogens is 374 g/mol. The van der Waals surface area contributed by atoms with Gasteiger partial charge in [-0.05, 0) is 44.9 Å². The maximum atomic E-state index is 10.0. The second-order valence-corrected chi connectivity index (χ2v) is 8.65. The molecular formula is C23H27N7. The van der Waals surface area contributed by atoms with Crippen molar-refractivity contribution in [2.75, 3.05) is 43.0 Å². The van der Waals surface area contributed by atoms with Gasteiger partial charge in [-0.2, -0.15) is 14.8 Å². The van der Waals surface area contributed by atoms with Crippen LogP contribution in [0.2, 0.25) is 0 Å². The van der Waals surface area contributed by atoms with Crippen molar-refractivity contribution in [2.24, 2.45) is 0 Å². The summed E-state index contributed by atoms with van der Waals surface area (Å²) in [6.07, 6.45) is 2.21. The number of aromatic nitrogens is 3. The minimum Gasteiger partial charge on any atom is -0.354 e. The lowest BCUT2D eigenvalue weighted by Crippen LogP contribution is -2.42. The van der Waals surface area contributed by atoms with Gasteiger partial charge in [0.15, 0.2) is 5.65 Å². The van der Waals surface area contributed by atoms with Gasteiger partial charge in [0.25, 0.3) is 0 Å². The maximum absolute atomic E-state index is 10.0. The molecule has 3 aromatic rings. The summed E-state index contributed by atoms with van der Waals surface area (Å²) in [5, 5.41) is 18.4. The first-order chi connectivity index (χ1) is 14.5. The highest BCUT2D eigenvalue weighted by Gasteiger charge is 2.36. The van der Waals surface area contributed by atoms with Crippen molar-refractivity contribution in [3.05, 3.63) is 41.5 Å². The predicted octanol–water partition coefficient (Wildman–Crippen LogP) is 2.97. The number of rotatable bonds is 4. The lowest BCUT2D eigenvalue weighted by atomic mass is 9.97. The van der Waals surface area contributed by atoms with Crippen molar-refractivity contribution in [1.82, 2.24) is 19.9 Å². The van der Waals surface area contributed by atoms with Crippen molar-refractivity contribution < 1.29 is 0 Å². The predicted molar refractivity (Wildman–Crippen MR) is 119 cm³/mol. The van der Waals surface area contributed by atoms with Gasteiger partial charge in [0.2, 0.25) is 5.95 Å². The first-order valence-corrected chi connectivity index (χ1v) is 10.6. The van der Waals surface area contributed by atoms with Gasteiger partial charge in [-0.3, -0.25) is 0 Å². The fourth-order valence-electron chi connectivity index (χ4n) is 4.55. The van der Waals surface area contributed by atoms with Gasteiger partial charge in [-0.1, -0.05) is 30.3 Å². The molecule has 2 aliphatic heterocycles. The Morgan fingerprint density at radius 2 is 1.90 bits per heavy atom. The standard InChI is InChI=1S/C23H27N7/c1-16-18(14-24)20-26-22(28-11-7-12-28)27-30(20)21(19(16)17-8-5-4-6-9-17)29-13-10-23(2,15-29)25-3/h4-6,8-9,25H,7,10-13,15H2,1-3H3/t23-/m0/s1. The van der Waals surface area contributed by atoms with E-state index < -0.39 is 0 Å². The van der Waals surface area contributed by atoms with Crippen LogP contribution in [-0.4, -0.2) is 53.4 Å². The monoisotopic (exact) mass is 401 g/mol. The number of hydrogen-bond acceptors (Lipinski definition) is 6. The van der Waals surface area contributed by atoms with Crippen LogP contribution in [0.5, 0.6) is 0 Å². The molecule has 5 rings (SSSR count). The normalized spacial score (nSPS) is 21.1. The Hall–Kier alpha value is -3.11. The van der Waals surface area contributed by atoms with E-state index in [4.69, 9.17) is 10.1 Å². The van der Waals surface area contributed by atoms with Crippen LogP contribution in [0.4, 0.5) is 11.8 Å². The van der Waals surface area contributed by atoms with E-state index in [1.54, 1.807) is 0 Å². The highest BCUT2D eigenvalue weighted by molar-refractivity contribution is 5.85. The molecule has 1 atom stereocenters. The molecule has 2 aromatic heterocycles. The van der Waals surface area contributed by atoms with Crippen molar-refractivity contribution >= 4 is 17.4 Å². The highest BCUT2D eigenvalue weighted by Crippen LogP contribution is 2.40. The van der Waals surface area contributed by atoms with Gasteiger partial charge in [-0.25, -0.2) is 0 Å². The number of anilines is 2. The molecule has 2 saturated heterocycles. The van der Waals surface area contributed by atoms with Crippen LogP contribution in [-0.2, 0) is 0 Å². The zero-order chi connectivity index (χ0) is 20.9. The summed E-state index contributed by atoms with van der Waals surface area (Å²) in [7, 11) is 2.03. The Balaban J connectivity index is 1.80. The van der Waals surface area contributed by atoms with Crippen LogP contribution in [0.1, 0.15) is 30.9 Å². The zero-order valence-electron chi connectivity index (χ0n) is 17.8. The average Bonchev–Trinajstić information content (AvgIpc) is 3.31. The van der Waals surface area contributed by atoms with Gasteiger partial charge in [0.05, 0.1) is 0 Å². The fraction of sp³-hybridized carbons (Fsp3) is 0.435. The minimum absolute atomic E-state index is 0.0446. The first kappa shape index (κ1) is 18.9. The average molecular weight is 402 g/mol. The van der Waals surface area contributed by atoms with Gasteiger partial charge in [0, 0.05) is 37.3 Å². The molecule has 0 unspecified atom stereocenters. The van der Waals surface area contributed by atoms with E-state index in [2.05, 4.69) is 40.2 Å². The molecule has 0 bridgehead atoms. The fourth-order valence-corrected chi connectivity index (χ4v) is 4.55. The van der Waals surface area contributed by atoms with Crippen LogP contribution in [0.3, 0.4) is 0 Å². The third-order valence-electron chi connectivity index (χ3n) is 6.68. The third-order valence-corrected chi connectivity index (χ3v) is 6.68. The molecule has 0 amide bonds. The van der Waals surface area contributed by atoms with E-state index in [1.807, 2.05) is 36.7 Å². The lowest BCUT2D eigenvalue weighted by molar-refractivity contribution is 0.428. The molecule has 2 aliphatic rings. The van der Waals surface area contributed by atoms with E-state index in [0.717, 1.165) is 67.5 Å². The number of nitrogens with one attached hydrogen (secondary N) is 1. The topological polar surface area (TPSA) is 72.5 Å². The Kier molecular flexibility index (Phi) is 4.40. The molecule has 1 N–H and O–H groups in total. The first-order valence-electron chi connectivity index (χ1n) is 10.6. The third kappa shape index (κ3) is 2.83. The Morgan fingerprint density at radius 1 is 1.13 bits per heavy atom. The minimum atomic E-state index is 0.0446. The van der Waals surface area contributed by atoms with E-state index in [1.165, 1.54) is 0 Å². The van der Waals surface area contributed by atoms with Gasteiger partial charge in [0.1, 0.15) is 17.5 Å². The Bertz CT molecular complexity index is 1140. The number of nitrogens with zero attached hydrogens (tertiary/aromatic N) is 6. The number of fused-ring (bicyclic) bond motifs is 1. The summed E-state index contributed by atoms with van der Waals surface area (Å²) in [4.78, 5) is 9.38. The number of hydrogen-bond donors (Lipinski definition) is 1. The van der Waals surface area contributed by atoms with Gasteiger partial charge < -0.3 is 15.1 Å². The van der Waals surface area contributed by atoms with Crippen molar-refractivity contribution in [3.8, 4) is 17.2 Å². The van der Waals surface area contributed by atoms with E-state index in [9.17, 15) is 5.26 Å². The summed E-state index contributed by atoms with van der Waals surface area (Å²) in [5.74, 6) is 1.75. The summed E-state index contributed by atoms with van der Waals surface area (Å²) >= 11 is 0. The zero-order valence-corrected chi connectivity index (χ0v) is 17.8. The summed E-state index contributed by atoms with van der Waals surface area (Å²) < 4.78 is 1.92. The molecule has 7 nitrogen and oxygen atoms in total. The summed E-state index contributed by atoms with van der Waals surface area (Å²) in [6.45, 7) is 8.05. The SMILES string of the molecule is CN[C@@]1(C)CCN(c2c(-c3ccccc3)c(C)c(C#N)c3nc(N4CCC4)nn23)C1.